The Balaban J connectivity index is 1.15. The van der Waals surface area contributed by atoms with Crippen LogP contribution in [-0.4, -0.2) is 61.0 Å². The van der Waals surface area contributed by atoms with E-state index in [1.54, 1.807) is 0 Å². The summed E-state index contributed by atoms with van der Waals surface area (Å²) < 4.78 is 4.87. The zero-order valence-corrected chi connectivity index (χ0v) is 19.5. The molecule has 0 radical (unpaired) electrons. The first-order chi connectivity index (χ1) is 17.2. The van der Waals surface area contributed by atoms with E-state index in [0.717, 1.165) is 80.3 Å². The number of hydrogen-bond acceptors (Lipinski definition) is 10. The number of nitrogens with zero attached hydrogens (tertiary/aromatic N) is 8. The van der Waals surface area contributed by atoms with Crippen LogP contribution in [0.1, 0.15) is 44.2 Å². The summed E-state index contributed by atoms with van der Waals surface area (Å²) in [5, 5.41) is 11.6. The van der Waals surface area contributed by atoms with E-state index in [9.17, 15) is 0 Å². The zero-order valence-electron chi connectivity index (χ0n) is 19.5. The molecule has 3 N–H and O–H groups in total. The summed E-state index contributed by atoms with van der Waals surface area (Å²) in [7, 11) is 0. The maximum absolute atomic E-state index is 6.46. The van der Waals surface area contributed by atoms with Crippen LogP contribution in [0, 0.1) is 5.41 Å². The minimum atomic E-state index is 0.328. The molecule has 6 heterocycles. The third-order valence-corrected chi connectivity index (χ3v) is 8.18. The van der Waals surface area contributed by atoms with Gasteiger partial charge >= 0.3 is 0 Å². The van der Waals surface area contributed by atoms with E-state index in [1.807, 2.05) is 18.3 Å². The molecule has 4 aromatic rings. The Bertz CT molecular complexity index is 1360. The molecule has 1 saturated heterocycles. The van der Waals surface area contributed by atoms with E-state index in [1.165, 1.54) is 19.2 Å². The Labute approximate surface area is 202 Å². The van der Waals surface area contributed by atoms with Crippen molar-refractivity contribution in [3.05, 3.63) is 30.4 Å². The van der Waals surface area contributed by atoms with Crippen LogP contribution in [0.3, 0.4) is 0 Å². The molecule has 0 unspecified atom stereocenters. The topological polar surface area (TPSA) is 139 Å². The molecule has 1 aliphatic carbocycles. The molecule has 1 spiro atoms. The third-order valence-electron chi connectivity index (χ3n) is 8.18. The van der Waals surface area contributed by atoms with Crippen LogP contribution in [0.15, 0.2) is 29.2 Å². The van der Waals surface area contributed by atoms with Gasteiger partial charge in [-0.15, -0.1) is 0 Å². The molecule has 1 saturated carbocycles. The van der Waals surface area contributed by atoms with Crippen molar-refractivity contribution in [3.8, 4) is 11.5 Å². The average molecular weight is 473 g/mol. The van der Waals surface area contributed by atoms with Gasteiger partial charge in [0.05, 0.1) is 17.6 Å². The molecule has 11 heteroatoms. The molecule has 35 heavy (non-hydrogen) atoms. The van der Waals surface area contributed by atoms with E-state index in [2.05, 4.69) is 30.1 Å². The van der Waals surface area contributed by atoms with Crippen molar-refractivity contribution in [1.29, 1.82) is 0 Å². The minimum absolute atomic E-state index is 0.328. The van der Waals surface area contributed by atoms with Gasteiger partial charge in [-0.25, -0.2) is 15.0 Å². The third kappa shape index (κ3) is 3.36. The van der Waals surface area contributed by atoms with Crippen LogP contribution in [0.5, 0.6) is 0 Å². The molecular formula is C24H28N10O. The number of piperidine rings is 1. The first-order valence-corrected chi connectivity index (χ1v) is 12.5. The number of nitrogens with one attached hydrogen (secondary N) is 1. The van der Waals surface area contributed by atoms with Gasteiger partial charge in [-0.1, -0.05) is 11.6 Å². The average Bonchev–Trinajstić information content (AvgIpc) is 3.65. The fourth-order valence-electron chi connectivity index (χ4n) is 6.17. The van der Waals surface area contributed by atoms with E-state index in [4.69, 9.17) is 25.2 Å². The standard InChI is InChI=1S/C24H28N10O/c25-18-4-1-7-24(18)8-11-33(12-9-24)19-13-26-20-22(29-19)30-31-23(20)34-10-2-3-15-17(34)6-5-16(28-15)21-27-14-35-32-21/h5-6,13-14,18H,1-4,7-12,25H2,(H,29,30,31)/t18-/m1/s1. The van der Waals surface area contributed by atoms with Crippen LogP contribution >= 0.6 is 0 Å². The lowest BCUT2D eigenvalue weighted by Crippen LogP contribution is -2.47. The number of rotatable bonds is 3. The summed E-state index contributed by atoms with van der Waals surface area (Å²) in [6, 6.07) is 4.31. The van der Waals surface area contributed by atoms with Crippen LogP contribution in [0.4, 0.5) is 17.3 Å². The van der Waals surface area contributed by atoms with E-state index in [-0.39, 0.29) is 0 Å². The molecule has 2 fully saturated rings. The van der Waals surface area contributed by atoms with Gasteiger partial charge in [-0.05, 0) is 56.1 Å². The fraction of sp³-hybridized carbons (Fsp3) is 0.500. The molecule has 2 aliphatic heterocycles. The van der Waals surface area contributed by atoms with E-state index >= 15 is 0 Å². The number of nitrogens with two attached hydrogens (primary N) is 1. The van der Waals surface area contributed by atoms with Crippen molar-refractivity contribution >= 4 is 28.5 Å². The quantitative estimate of drug-likeness (QED) is 0.457. The van der Waals surface area contributed by atoms with Crippen LogP contribution in [-0.2, 0) is 6.42 Å². The van der Waals surface area contributed by atoms with Crippen molar-refractivity contribution < 1.29 is 4.52 Å². The summed E-state index contributed by atoms with van der Waals surface area (Å²) in [5.41, 5.74) is 11.0. The van der Waals surface area contributed by atoms with E-state index < -0.39 is 0 Å². The highest BCUT2D eigenvalue weighted by Crippen LogP contribution is 2.46. The Morgan fingerprint density at radius 3 is 2.77 bits per heavy atom. The Morgan fingerprint density at radius 2 is 1.97 bits per heavy atom. The van der Waals surface area contributed by atoms with Gasteiger partial charge in [-0.2, -0.15) is 10.1 Å². The number of aromatic amines is 1. The second-order valence-electron chi connectivity index (χ2n) is 9.99. The molecule has 7 rings (SSSR count). The van der Waals surface area contributed by atoms with Crippen LogP contribution in [0.25, 0.3) is 22.7 Å². The maximum atomic E-state index is 6.46. The number of anilines is 3. The summed E-state index contributed by atoms with van der Waals surface area (Å²) >= 11 is 0. The summed E-state index contributed by atoms with van der Waals surface area (Å²) in [6.07, 6.45) is 11.0. The van der Waals surface area contributed by atoms with Gasteiger partial charge in [0.25, 0.3) is 0 Å². The molecule has 4 aromatic heterocycles. The Hall–Kier alpha value is -3.60. The van der Waals surface area contributed by atoms with Crippen LogP contribution in [0.2, 0.25) is 0 Å². The highest BCUT2D eigenvalue weighted by Gasteiger charge is 2.43. The molecule has 180 valence electrons. The molecule has 0 bridgehead atoms. The van der Waals surface area contributed by atoms with E-state index in [0.29, 0.717) is 28.6 Å². The van der Waals surface area contributed by atoms with Gasteiger partial charge in [0.2, 0.25) is 12.2 Å². The van der Waals surface area contributed by atoms with Gasteiger partial charge in [0.1, 0.15) is 11.5 Å². The fourth-order valence-corrected chi connectivity index (χ4v) is 6.17. The molecule has 11 nitrogen and oxygen atoms in total. The first-order valence-electron chi connectivity index (χ1n) is 12.5. The van der Waals surface area contributed by atoms with Crippen molar-refractivity contribution in [3.63, 3.8) is 0 Å². The number of aryl methyl sites for hydroxylation is 1. The molecule has 0 aromatic carbocycles. The first kappa shape index (κ1) is 20.7. The van der Waals surface area contributed by atoms with Crippen molar-refractivity contribution in [2.75, 3.05) is 29.4 Å². The zero-order chi connectivity index (χ0) is 23.4. The summed E-state index contributed by atoms with van der Waals surface area (Å²) in [5.74, 6) is 2.18. The summed E-state index contributed by atoms with van der Waals surface area (Å²) in [6.45, 7) is 2.79. The monoisotopic (exact) mass is 472 g/mol. The second-order valence-corrected chi connectivity index (χ2v) is 9.99. The Morgan fingerprint density at radius 1 is 1.06 bits per heavy atom. The van der Waals surface area contributed by atoms with Gasteiger partial charge in [0.15, 0.2) is 17.0 Å². The summed E-state index contributed by atoms with van der Waals surface area (Å²) in [4.78, 5) is 23.1. The lowest BCUT2D eigenvalue weighted by atomic mass is 9.74. The predicted octanol–water partition coefficient (Wildman–Crippen LogP) is 2.98. The molecular weight excluding hydrogens is 444 g/mol. The second kappa shape index (κ2) is 7.98. The van der Waals surface area contributed by atoms with Gasteiger partial charge in [-0.3, -0.25) is 5.10 Å². The maximum Gasteiger partial charge on any atom is 0.220 e. The SMILES string of the molecule is N[C@@H]1CCCC12CCN(c1cnc3c(N4CCCc5nc(-c6ncon6)ccc54)n[nH]c3n1)CC2. The lowest BCUT2D eigenvalue weighted by Gasteiger charge is -2.42. The van der Waals surface area contributed by atoms with Crippen molar-refractivity contribution in [2.45, 2.75) is 51.0 Å². The smallest absolute Gasteiger partial charge is 0.220 e. The number of fused-ring (bicyclic) bond motifs is 2. The molecule has 0 amide bonds. The lowest BCUT2D eigenvalue weighted by molar-refractivity contribution is 0.197. The number of H-pyrrole nitrogens is 1. The van der Waals surface area contributed by atoms with Crippen molar-refractivity contribution in [1.82, 2.24) is 35.3 Å². The molecule has 3 aliphatic rings. The van der Waals surface area contributed by atoms with Crippen molar-refractivity contribution in [2.24, 2.45) is 11.1 Å². The number of aromatic nitrogens is 7. The van der Waals surface area contributed by atoms with Gasteiger partial charge < -0.3 is 20.1 Å². The molecule has 1 atom stereocenters. The predicted molar refractivity (Wildman–Crippen MR) is 130 cm³/mol. The van der Waals surface area contributed by atoms with Crippen LogP contribution < -0.4 is 15.5 Å². The van der Waals surface area contributed by atoms with Gasteiger partial charge in [0, 0.05) is 25.7 Å². The number of hydrogen-bond donors (Lipinski definition) is 2. The highest BCUT2D eigenvalue weighted by atomic mass is 16.5. The largest absolute Gasteiger partial charge is 0.355 e. The highest BCUT2D eigenvalue weighted by molar-refractivity contribution is 5.87. The minimum Gasteiger partial charge on any atom is -0.355 e. The Kier molecular flexibility index (Phi) is 4.73. The normalized spacial score (nSPS) is 21.7. The number of pyridine rings is 1.